The van der Waals surface area contributed by atoms with Gasteiger partial charge in [0.2, 0.25) is 0 Å². The van der Waals surface area contributed by atoms with Gasteiger partial charge in [-0.15, -0.1) is 0 Å². The zero-order valence-corrected chi connectivity index (χ0v) is 11.5. The van der Waals surface area contributed by atoms with Crippen LogP contribution in [0, 0.1) is 0 Å². The molecule has 96 valence electrons. The Balaban J connectivity index is 1.99. The van der Waals surface area contributed by atoms with Crippen LogP contribution < -0.4 is 5.32 Å². The summed E-state index contributed by atoms with van der Waals surface area (Å²) in [5, 5.41) is 4.12. The summed E-state index contributed by atoms with van der Waals surface area (Å²) < 4.78 is 0. The SMILES string of the molecule is CC(C)NCCc1ncc(-c2ccc(Cl)cc2)[nH]1. The lowest BCUT2D eigenvalue weighted by atomic mass is 10.2. The number of aromatic amines is 1. The molecule has 0 saturated heterocycles. The summed E-state index contributed by atoms with van der Waals surface area (Å²) in [5.41, 5.74) is 2.14. The Morgan fingerprint density at radius 3 is 2.67 bits per heavy atom. The molecule has 2 N–H and O–H groups in total. The van der Waals surface area contributed by atoms with Crippen LogP contribution in [0.25, 0.3) is 11.3 Å². The number of hydrogen-bond acceptors (Lipinski definition) is 2. The van der Waals surface area contributed by atoms with Gasteiger partial charge in [0.25, 0.3) is 0 Å². The van der Waals surface area contributed by atoms with Crippen molar-refractivity contribution in [2.24, 2.45) is 0 Å². The number of H-pyrrole nitrogens is 1. The van der Waals surface area contributed by atoms with Crippen LogP contribution in [-0.4, -0.2) is 22.6 Å². The molecule has 0 bridgehead atoms. The zero-order chi connectivity index (χ0) is 13.0. The molecule has 0 unspecified atom stereocenters. The van der Waals surface area contributed by atoms with E-state index in [0.717, 1.165) is 35.1 Å². The lowest BCUT2D eigenvalue weighted by Gasteiger charge is -2.05. The summed E-state index contributed by atoms with van der Waals surface area (Å²) in [5.74, 6) is 1.01. The third-order valence-corrected chi connectivity index (χ3v) is 2.95. The van der Waals surface area contributed by atoms with Crippen LogP contribution in [0.1, 0.15) is 19.7 Å². The Morgan fingerprint density at radius 2 is 2.00 bits per heavy atom. The van der Waals surface area contributed by atoms with E-state index in [0.29, 0.717) is 6.04 Å². The number of nitrogens with zero attached hydrogens (tertiary/aromatic N) is 1. The molecule has 4 heteroatoms. The zero-order valence-electron chi connectivity index (χ0n) is 10.7. The van der Waals surface area contributed by atoms with Gasteiger partial charge in [-0.3, -0.25) is 0 Å². The van der Waals surface area contributed by atoms with Crippen LogP contribution in [-0.2, 0) is 6.42 Å². The van der Waals surface area contributed by atoms with Gasteiger partial charge in [0.05, 0.1) is 11.9 Å². The van der Waals surface area contributed by atoms with Crippen molar-refractivity contribution in [2.75, 3.05) is 6.54 Å². The Bertz CT molecular complexity index is 488. The molecule has 0 aliphatic carbocycles. The molecule has 0 spiro atoms. The van der Waals surface area contributed by atoms with Gasteiger partial charge in [-0.05, 0) is 17.7 Å². The Morgan fingerprint density at radius 1 is 1.28 bits per heavy atom. The maximum absolute atomic E-state index is 5.87. The van der Waals surface area contributed by atoms with Crippen LogP contribution in [0.5, 0.6) is 0 Å². The highest BCUT2D eigenvalue weighted by molar-refractivity contribution is 6.30. The molecule has 0 saturated carbocycles. The van der Waals surface area contributed by atoms with Crippen molar-refractivity contribution in [3.05, 3.63) is 41.3 Å². The van der Waals surface area contributed by atoms with Gasteiger partial charge in [0.15, 0.2) is 0 Å². The van der Waals surface area contributed by atoms with E-state index in [1.165, 1.54) is 0 Å². The number of benzene rings is 1. The fourth-order valence-corrected chi connectivity index (χ4v) is 1.87. The van der Waals surface area contributed by atoms with E-state index in [4.69, 9.17) is 11.6 Å². The third-order valence-electron chi connectivity index (χ3n) is 2.70. The van der Waals surface area contributed by atoms with E-state index in [9.17, 15) is 0 Å². The summed E-state index contributed by atoms with van der Waals surface area (Å²) in [6, 6.07) is 8.27. The molecule has 1 aromatic carbocycles. The first-order valence-corrected chi connectivity index (χ1v) is 6.56. The van der Waals surface area contributed by atoms with E-state index in [-0.39, 0.29) is 0 Å². The predicted molar refractivity (Wildman–Crippen MR) is 75.9 cm³/mol. The molecule has 0 amide bonds. The van der Waals surface area contributed by atoms with Gasteiger partial charge in [-0.1, -0.05) is 37.6 Å². The smallest absolute Gasteiger partial charge is 0.107 e. The fraction of sp³-hybridized carbons (Fsp3) is 0.357. The molecule has 0 atom stereocenters. The number of rotatable bonds is 5. The Hall–Kier alpha value is -1.32. The van der Waals surface area contributed by atoms with E-state index in [2.05, 4.69) is 29.1 Å². The number of imidazole rings is 1. The number of aromatic nitrogens is 2. The third kappa shape index (κ3) is 3.59. The van der Waals surface area contributed by atoms with Crippen molar-refractivity contribution in [3.8, 4) is 11.3 Å². The molecule has 18 heavy (non-hydrogen) atoms. The standard InChI is InChI=1S/C14H18ClN3/c1-10(2)16-8-7-14-17-9-13(18-14)11-3-5-12(15)6-4-11/h3-6,9-10,16H,7-8H2,1-2H3,(H,17,18). The summed E-state index contributed by atoms with van der Waals surface area (Å²) in [6.45, 7) is 5.22. The highest BCUT2D eigenvalue weighted by Gasteiger charge is 2.03. The number of halogens is 1. The maximum atomic E-state index is 5.87. The van der Waals surface area contributed by atoms with Crippen molar-refractivity contribution < 1.29 is 0 Å². The Kier molecular flexibility index (Phi) is 4.39. The highest BCUT2D eigenvalue weighted by atomic mass is 35.5. The van der Waals surface area contributed by atoms with Gasteiger partial charge in [-0.2, -0.15) is 0 Å². The molecule has 2 rings (SSSR count). The minimum absolute atomic E-state index is 0.510. The Labute approximate surface area is 113 Å². The first-order chi connectivity index (χ1) is 8.65. The second-order valence-corrected chi connectivity index (χ2v) is 5.05. The lowest BCUT2D eigenvalue weighted by Crippen LogP contribution is -2.25. The lowest BCUT2D eigenvalue weighted by molar-refractivity contribution is 0.584. The predicted octanol–water partition coefficient (Wildman–Crippen LogP) is 3.27. The molecule has 1 heterocycles. The first kappa shape index (κ1) is 13.1. The molecular weight excluding hydrogens is 246 g/mol. The monoisotopic (exact) mass is 263 g/mol. The van der Waals surface area contributed by atoms with Crippen molar-refractivity contribution in [1.29, 1.82) is 0 Å². The van der Waals surface area contributed by atoms with Crippen LogP contribution in [0.4, 0.5) is 0 Å². The molecule has 2 aromatic rings. The quantitative estimate of drug-likeness (QED) is 0.869. The van der Waals surface area contributed by atoms with Gasteiger partial charge in [-0.25, -0.2) is 4.98 Å². The van der Waals surface area contributed by atoms with Crippen molar-refractivity contribution >= 4 is 11.6 Å². The highest BCUT2D eigenvalue weighted by Crippen LogP contribution is 2.19. The molecular formula is C14H18ClN3. The van der Waals surface area contributed by atoms with Crippen molar-refractivity contribution in [3.63, 3.8) is 0 Å². The molecule has 3 nitrogen and oxygen atoms in total. The van der Waals surface area contributed by atoms with Gasteiger partial charge in [0.1, 0.15) is 5.82 Å². The first-order valence-electron chi connectivity index (χ1n) is 6.18. The van der Waals surface area contributed by atoms with Crippen LogP contribution in [0.2, 0.25) is 5.02 Å². The van der Waals surface area contributed by atoms with Gasteiger partial charge >= 0.3 is 0 Å². The van der Waals surface area contributed by atoms with Crippen LogP contribution >= 0.6 is 11.6 Å². The average molecular weight is 264 g/mol. The van der Waals surface area contributed by atoms with Gasteiger partial charge < -0.3 is 10.3 Å². The van der Waals surface area contributed by atoms with Crippen molar-refractivity contribution in [2.45, 2.75) is 26.3 Å². The van der Waals surface area contributed by atoms with E-state index in [1.54, 1.807) is 0 Å². The number of hydrogen-bond donors (Lipinski definition) is 2. The molecule has 1 aromatic heterocycles. The minimum Gasteiger partial charge on any atom is -0.342 e. The minimum atomic E-state index is 0.510. The summed E-state index contributed by atoms with van der Waals surface area (Å²) in [4.78, 5) is 7.71. The largest absolute Gasteiger partial charge is 0.342 e. The van der Waals surface area contributed by atoms with Gasteiger partial charge in [0, 0.05) is 24.0 Å². The van der Waals surface area contributed by atoms with Crippen LogP contribution in [0.3, 0.4) is 0 Å². The maximum Gasteiger partial charge on any atom is 0.107 e. The fourth-order valence-electron chi connectivity index (χ4n) is 1.74. The average Bonchev–Trinajstić information content (AvgIpc) is 2.78. The number of nitrogens with one attached hydrogen (secondary N) is 2. The second kappa shape index (κ2) is 6.03. The topological polar surface area (TPSA) is 40.7 Å². The second-order valence-electron chi connectivity index (χ2n) is 4.61. The molecule has 0 aliphatic rings. The summed E-state index contributed by atoms with van der Waals surface area (Å²) in [6.07, 6.45) is 2.78. The molecule has 0 radical (unpaired) electrons. The van der Waals surface area contributed by atoms with Crippen molar-refractivity contribution in [1.82, 2.24) is 15.3 Å². The van der Waals surface area contributed by atoms with Crippen LogP contribution in [0.15, 0.2) is 30.5 Å². The normalized spacial score (nSPS) is 11.1. The van der Waals surface area contributed by atoms with E-state index < -0.39 is 0 Å². The summed E-state index contributed by atoms with van der Waals surface area (Å²) in [7, 11) is 0. The summed E-state index contributed by atoms with van der Waals surface area (Å²) >= 11 is 5.87. The van der Waals surface area contributed by atoms with E-state index in [1.807, 2.05) is 30.5 Å². The molecule has 0 aliphatic heterocycles. The molecule has 0 fully saturated rings. The van der Waals surface area contributed by atoms with E-state index >= 15 is 0 Å².